The van der Waals surface area contributed by atoms with Crippen molar-refractivity contribution in [2.24, 2.45) is 0 Å². The van der Waals surface area contributed by atoms with E-state index in [2.05, 4.69) is 73.4 Å². The average Bonchev–Trinajstić information content (AvgIpc) is 3.46. The number of aromatic nitrogens is 2. The maximum absolute atomic E-state index is 6.32. The molecule has 7 rings (SSSR count). The zero-order chi connectivity index (χ0) is 29.2. The number of hydrogen-bond donors (Lipinski definition) is 1. The van der Waals surface area contributed by atoms with E-state index < -0.39 is 0 Å². The van der Waals surface area contributed by atoms with Gasteiger partial charge in [-0.15, -0.1) is 0 Å². The van der Waals surface area contributed by atoms with Crippen LogP contribution in [-0.4, -0.2) is 79.2 Å². The molecule has 3 aliphatic rings. The fraction of sp³-hybridized carbons (Fsp3) is 0.353. The minimum Gasteiger partial charge on any atom is -0.494 e. The van der Waals surface area contributed by atoms with Crippen LogP contribution in [0.3, 0.4) is 0 Å². The number of hydroxylamine groups is 1. The molecule has 0 bridgehead atoms. The van der Waals surface area contributed by atoms with E-state index in [1.54, 1.807) is 13.4 Å². The highest BCUT2D eigenvalue weighted by molar-refractivity contribution is 5.70. The van der Waals surface area contributed by atoms with Gasteiger partial charge in [-0.3, -0.25) is 4.90 Å². The van der Waals surface area contributed by atoms with Crippen LogP contribution in [0, 0.1) is 0 Å². The van der Waals surface area contributed by atoms with Gasteiger partial charge < -0.3 is 24.7 Å². The molecule has 0 saturated carbocycles. The molecule has 4 heterocycles. The molecule has 3 aliphatic heterocycles. The third-order valence-electron chi connectivity index (χ3n) is 8.97. The van der Waals surface area contributed by atoms with Gasteiger partial charge in [0.15, 0.2) is 11.6 Å². The Labute approximate surface area is 253 Å². The highest BCUT2D eigenvalue weighted by Crippen LogP contribution is 2.43. The number of rotatable bonds is 7. The first-order chi connectivity index (χ1) is 21.2. The summed E-state index contributed by atoms with van der Waals surface area (Å²) in [6.45, 7) is 6.83. The van der Waals surface area contributed by atoms with E-state index >= 15 is 0 Å². The first kappa shape index (κ1) is 27.5. The first-order valence-corrected chi connectivity index (χ1v) is 15.2. The lowest BCUT2D eigenvalue weighted by atomic mass is 9.98. The number of likely N-dealkylation sites (N-methyl/N-ethyl adjacent to an activating group) is 1. The summed E-state index contributed by atoms with van der Waals surface area (Å²) in [4.78, 5) is 23.0. The Morgan fingerprint density at radius 3 is 2.40 bits per heavy atom. The van der Waals surface area contributed by atoms with Crippen molar-refractivity contribution in [3.05, 3.63) is 96.3 Å². The molecule has 2 fully saturated rings. The molecule has 1 unspecified atom stereocenters. The number of piperidine rings is 1. The predicted molar refractivity (Wildman–Crippen MR) is 170 cm³/mol. The molecule has 9 heteroatoms. The van der Waals surface area contributed by atoms with E-state index in [-0.39, 0.29) is 6.04 Å². The summed E-state index contributed by atoms with van der Waals surface area (Å²) in [5, 5.41) is 5.32. The van der Waals surface area contributed by atoms with Crippen LogP contribution in [0.5, 0.6) is 11.5 Å². The highest BCUT2D eigenvalue weighted by Gasteiger charge is 2.35. The summed E-state index contributed by atoms with van der Waals surface area (Å²) in [6.07, 6.45) is 3.96. The third kappa shape index (κ3) is 5.70. The molecule has 3 aromatic carbocycles. The summed E-state index contributed by atoms with van der Waals surface area (Å²) in [5.41, 5.74) is 4.28. The van der Waals surface area contributed by atoms with Crippen LogP contribution < -0.4 is 24.9 Å². The molecule has 222 valence electrons. The number of methoxy groups -OCH3 is 1. The van der Waals surface area contributed by atoms with Crippen molar-refractivity contribution in [2.45, 2.75) is 24.9 Å². The summed E-state index contributed by atoms with van der Waals surface area (Å²) >= 11 is 0. The summed E-state index contributed by atoms with van der Waals surface area (Å²) in [5.74, 6) is 2.94. The van der Waals surface area contributed by atoms with Gasteiger partial charge in [0.05, 0.1) is 12.8 Å². The lowest BCUT2D eigenvalue weighted by Gasteiger charge is -2.42. The molecule has 9 nitrogen and oxygen atoms in total. The summed E-state index contributed by atoms with van der Waals surface area (Å²) < 4.78 is 5.84. The zero-order valence-corrected chi connectivity index (χ0v) is 24.9. The Morgan fingerprint density at radius 2 is 1.60 bits per heavy atom. The average molecular weight is 578 g/mol. The van der Waals surface area contributed by atoms with Crippen LogP contribution in [0.25, 0.3) is 0 Å². The van der Waals surface area contributed by atoms with Crippen molar-refractivity contribution in [3.63, 3.8) is 0 Å². The molecule has 1 atom stereocenters. The van der Waals surface area contributed by atoms with E-state index in [4.69, 9.17) is 9.57 Å². The Kier molecular flexibility index (Phi) is 7.74. The van der Waals surface area contributed by atoms with E-state index in [9.17, 15) is 0 Å². The number of ether oxygens (including phenoxy) is 1. The molecule has 1 N–H and O–H groups in total. The standard InChI is InChI=1S/C34H39N7O2/c1-38-18-20-40(21-19-38)26-14-16-39(17-15-26)27-12-13-29(31(22-27)42-2)37-32-23-33(36-24-35-32)41-34(25-8-4-3-5-9-25)28-10-6-7-11-30(28)43-41/h3-13,22-24,26,34H,14-21H2,1-2H3,(H,35,36,37). The van der Waals surface area contributed by atoms with Gasteiger partial charge in [0.2, 0.25) is 0 Å². The maximum Gasteiger partial charge on any atom is 0.169 e. The van der Waals surface area contributed by atoms with Gasteiger partial charge in [-0.25, -0.2) is 9.97 Å². The lowest BCUT2D eigenvalue weighted by Crippen LogP contribution is -2.52. The molecule has 1 aromatic heterocycles. The monoisotopic (exact) mass is 577 g/mol. The van der Waals surface area contributed by atoms with Crippen LogP contribution in [0.1, 0.15) is 30.0 Å². The van der Waals surface area contributed by atoms with Gasteiger partial charge in [0.25, 0.3) is 0 Å². The number of benzene rings is 3. The number of hydrogen-bond acceptors (Lipinski definition) is 9. The van der Waals surface area contributed by atoms with Crippen molar-refractivity contribution in [1.82, 2.24) is 19.8 Å². The molecular formula is C34H39N7O2. The van der Waals surface area contributed by atoms with Crippen LogP contribution in [0.2, 0.25) is 0 Å². The number of piperazine rings is 1. The van der Waals surface area contributed by atoms with Crippen molar-refractivity contribution in [1.29, 1.82) is 0 Å². The normalized spacial score (nSPS) is 19.6. The second-order valence-corrected chi connectivity index (χ2v) is 11.6. The topological polar surface area (TPSA) is 69.2 Å². The second kappa shape index (κ2) is 12.1. The minimum atomic E-state index is -0.116. The highest BCUT2D eigenvalue weighted by atomic mass is 16.7. The van der Waals surface area contributed by atoms with Gasteiger partial charge >= 0.3 is 0 Å². The number of para-hydroxylation sites is 1. The maximum atomic E-state index is 6.32. The van der Waals surface area contributed by atoms with E-state index in [1.807, 2.05) is 47.5 Å². The van der Waals surface area contributed by atoms with Gasteiger partial charge in [-0.2, -0.15) is 5.06 Å². The number of nitrogens with zero attached hydrogens (tertiary/aromatic N) is 6. The molecule has 43 heavy (non-hydrogen) atoms. The number of nitrogens with one attached hydrogen (secondary N) is 1. The van der Waals surface area contributed by atoms with Gasteiger partial charge in [0.1, 0.15) is 23.9 Å². The Hall–Kier alpha value is -4.34. The molecule has 0 radical (unpaired) electrons. The van der Waals surface area contributed by atoms with E-state index in [1.165, 1.54) is 44.7 Å². The van der Waals surface area contributed by atoms with E-state index in [0.717, 1.165) is 41.4 Å². The Balaban J connectivity index is 1.06. The van der Waals surface area contributed by atoms with E-state index in [0.29, 0.717) is 17.7 Å². The SMILES string of the molecule is COc1cc(N2CCC(N3CCN(C)CC3)CC2)ccc1Nc1cc(N2Oc3ccccc3C2c2ccccc2)ncn1. The fourth-order valence-corrected chi connectivity index (χ4v) is 6.53. The van der Waals surface area contributed by atoms with Crippen LogP contribution in [0.15, 0.2) is 85.2 Å². The Bertz CT molecular complexity index is 1540. The molecule has 0 amide bonds. The van der Waals surface area contributed by atoms with Crippen LogP contribution in [-0.2, 0) is 0 Å². The van der Waals surface area contributed by atoms with Crippen molar-refractivity contribution >= 4 is 23.0 Å². The lowest BCUT2D eigenvalue weighted by molar-refractivity contribution is 0.0982. The second-order valence-electron chi connectivity index (χ2n) is 11.6. The first-order valence-electron chi connectivity index (χ1n) is 15.2. The zero-order valence-electron chi connectivity index (χ0n) is 24.9. The van der Waals surface area contributed by atoms with Gasteiger partial charge in [-0.1, -0.05) is 48.5 Å². The van der Waals surface area contributed by atoms with Crippen LogP contribution in [0.4, 0.5) is 23.0 Å². The smallest absolute Gasteiger partial charge is 0.169 e. The molecule has 0 spiro atoms. The summed E-state index contributed by atoms with van der Waals surface area (Å²) in [7, 11) is 3.94. The number of anilines is 4. The summed E-state index contributed by atoms with van der Waals surface area (Å²) in [6, 6.07) is 27.4. The fourth-order valence-electron chi connectivity index (χ4n) is 6.53. The molecule has 2 saturated heterocycles. The third-order valence-corrected chi connectivity index (χ3v) is 8.97. The van der Waals surface area contributed by atoms with Crippen molar-refractivity contribution in [3.8, 4) is 11.5 Å². The van der Waals surface area contributed by atoms with Crippen LogP contribution >= 0.6 is 0 Å². The quantitative estimate of drug-likeness (QED) is 0.313. The molecular weight excluding hydrogens is 538 g/mol. The number of fused-ring (bicyclic) bond motifs is 1. The van der Waals surface area contributed by atoms with Gasteiger partial charge in [-0.05, 0) is 43.7 Å². The van der Waals surface area contributed by atoms with Crippen molar-refractivity contribution in [2.75, 3.05) is 68.7 Å². The largest absolute Gasteiger partial charge is 0.494 e. The predicted octanol–water partition coefficient (Wildman–Crippen LogP) is 5.35. The molecule has 4 aromatic rings. The Morgan fingerprint density at radius 1 is 0.837 bits per heavy atom. The van der Waals surface area contributed by atoms with Gasteiger partial charge in [0, 0.05) is 68.7 Å². The molecule has 0 aliphatic carbocycles. The van der Waals surface area contributed by atoms with Crippen molar-refractivity contribution < 1.29 is 9.57 Å². The minimum absolute atomic E-state index is 0.116.